The molecule has 0 bridgehead atoms. The Bertz CT molecular complexity index is 562. The molecule has 2 aliphatic rings. The summed E-state index contributed by atoms with van der Waals surface area (Å²) in [6, 6.07) is -1.11. The van der Waals surface area contributed by atoms with Crippen LogP contribution < -0.4 is 10.6 Å². The lowest BCUT2D eigenvalue weighted by Crippen LogP contribution is -2.64. The highest BCUT2D eigenvalue weighted by Gasteiger charge is 2.47. The van der Waals surface area contributed by atoms with E-state index >= 15 is 0 Å². The summed E-state index contributed by atoms with van der Waals surface area (Å²) in [5.41, 5.74) is -0.724. The van der Waals surface area contributed by atoms with E-state index in [-0.39, 0.29) is 24.2 Å². The molecule has 162 valence electrons. The molecule has 2 heterocycles. The van der Waals surface area contributed by atoms with Gasteiger partial charge in [-0.3, -0.25) is 4.79 Å². The molecule has 8 atom stereocenters. The second-order valence-corrected chi connectivity index (χ2v) is 8.68. The van der Waals surface area contributed by atoms with Crippen molar-refractivity contribution in [2.24, 2.45) is 11.8 Å². The summed E-state index contributed by atoms with van der Waals surface area (Å²) in [5, 5.41) is 36.5. The van der Waals surface area contributed by atoms with Crippen molar-refractivity contribution in [1.29, 1.82) is 0 Å². The number of halogens is 2. The molecule has 7 nitrogen and oxygen atoms in total. The minimum atomic E-state index is -1.72. The smallest absolute Gasteiger partial charge is 0.266 e. The number of allylic oxidation sites excluding steroid dienone is 1. The molecule has 2 fully saturated rings. The molecule has 28 heavy (non-hydrogen) atoms. The van der Waals surface area contributed by atoms with Crippen LogP contribution in [0.3, 0.4) is 0 Å². The molecule has 5 N–H and O–H groups in total. The number of aliphatic hydroxyl groups is 3. The normalized spacial score (nSPS) is 37.0. The van der Waals surface area contributed by atoms with Crippen LogP contribution in [0.2, 0.25) is 0 Å². The first-order valence-corrected chi connectivity index (χ1v) is 10.7. The number of nitrogens with one attached hydrogen (secondary N) is 2. The molecule has 2 rings (SSSR count). The van der Waals surface area contributed by atoms with Gasteiger partial charge in [0, 0.05) is 0 Å². The van der Waals surface area contributed by atoms with Gasteiger partial charge in [-0.1, -0.05) is 13.8 Å². The van der Waals surface area contributed by atoms with E-state index in [1.807, 2.05) is 13.8 Å². The number of amides is 1. The molecule has 2 saturated heterocycles. The van der Waals surface area contributed by atoms with Crippen LogP contribution in [0.5, 0.6) is 0 Å². The van der Waals surface area contributed by atoms with E-state index < -0.39 is 48.0 Å². The molecule has 0 saturated carbocycles. The predicted molar refractivity (Wildman–Crippen MR) is 102 cm³/mol. The Morgan fingerprint density at radius 3 is 2.54 bits per heavy atom. The summed E-state index contributed by atoms with van der Waals surface area (Å²) < 4.78 is 30.3. The monoisotopic (exact) mass is 424 g/mol. The molecule has 0 aromatic carbocycles. The Morgan fingerprint density at radius 1 is 1.29 bits per heavy atom. The van der Waals surface area contributed by atoms with Crippen molar-refractivity contribution < 1.29 is 33.6 Å². The van der Waals surface area contributed by atoms with E-state index in [1.165, 1.54) is 11.8 Å². The maximum atomic E-state index is 12.7. The zero-order chi connectivity index (χ0) is 21.0. The number of carbonyl (C=O) groups excluding carboxylic acids is 1. The van der Waals surface area contributed by atoms with E-state index in [9.17, 15) is 28.9 Å². The summed E-state index contributed by atoms with van der Waals surface area (Å²) in [5.74, 6) is -0.471. The van der Waals surface area contributed by atoms with Crippen LogP contribution in [-0.4, -0.2) is 76.0 Å². The van der Waals surface area contributed by atoms with Gasteiger partial charge in [0.15, 0.2) is 0 Å². The molecule has 8 unspecified atom stereocenters. The van der Waals surface area contributed by atoms with E-state index in [4.69, 9.17) is 4.74 Å². The van der Waals surface area contributed by atoms with Gasteiger partial charge < -0.3 is 30.7 Å². The van der Waals surface area contributed by atoms with Gasteiger partial charge in [-0.15, -0.1) is 11.8 Å². The van der Waals surface area contributed by atoms with Crippen LogP contribution >= 0.6 is 11.8 Å². The molecule has 2 aliphatic heterocycles. The van der Waals surface area contributed by atoms with Gasteiger partial charge in [-0.25, -0.2) is 0 Å². The van der Waals surface area contributed by atoms with E-state index in [2.05, 4.69) is 10.6 Å². The SMILES string of the molecule is CSC1OC(C(NC(=O)C2CC(CC=C(F)F)CN2)C(C)C)C(O)C(O)C1O. The number of ether oxygens (including phenoxy) is 1. The van der Waals surface area contributed by atoms with Gasteiger partial charge in [0.05, 0.1) is 12.1 Å². The van der Waals surface area contributed by atoms with Crippen molar-refractivity contribution in [3.05, 3.63) is 12.2 Å². The summed E-state index contributed by atoms with van der Waals surface area (Å²) in [7, 11) is 0. The molecule has 10 heteroatoms. The van der Waals surface area contributed by atoms with Crippen molar-refractivity contribution >= 4 is 17.7 Å². The van der Waals surface area contributed by atoms with E-state index in [1.54, 1.807) is 6.26 Å². The molecule has 0 radical (unpaired) electrons. The Balaban J connectivity index is 2.02. The Labute approximate surface area is 167 Å². The molecule has 0 aliphatic carbocycles. The Kier molecular flexibility index (Phi) is 8.65. The summed E-state index contributed by atoms with van der Waals surface area (Å²) in [4.78, 5) is 12.7. The number of hydrogen-bond acceptors (Lipinski definition) is 7. The third kappa shape index (κ3) is 5.64. The first-order chi connectivity index (χ1) is 13.1. The Hall–Kier alpha value is -0.780. The molecular weight excluding hydrogens is 394 g/mol. The first-order valence-electron chi connectivity index (χ1n) is 9.43. The van der Waals surface area contributed by atoms with E-state index in [0.29, 0.717) is 13.0 Å². The lowest BCUT2D eigenvalue weighted by atomic mass is 9.88. The van der Waals surface area contributed by atoms with Crippen molar-refractivity contribution in [3.8, 4) is 0 Å². The largest absolute Gasteiger partial charge is 0.388 e. The summed E-state index contributed by atoms with van der Waals surface area (Å²) in [6.45, 7) is 4.18. The lowest BCUT2D eigenvalue weighted by Gasteiger charge is -2.44. The van der Waals surface area contributed by atoms with Crippen molar-refractivity contribution in [3.63, 3.8) is 0 Å². The summed E-state index contributed by atoms with van der Waals surface area (Å²) >= 11 is 1.21. The topological polar surface area (TPSA) is 111 Å². The number of aliphatic hydroxyl groups excluding tert-OH is 3. The maximum Gasteiger partial charge on any atom is 0.266 e. The van der Waals surface area contributed by atoms with Crippen LogP contribution in [0, 0.1) is 11.8 Å². The second kappa shape index (κ2) is 10.3. The van der Waals surface area contributed by atoms with Crippen molar-refractivity contribution in [2.45, 2.75) is 68.6 Å². The third-order valence-corrected chi connectivity index (χ3v) is 6.22. The summed E-state index contributed by atoms with van der Waals surface area (Å²) in [6.07, 6.45) is -3.36. The molecule has 0 aromatic rings. The quantitative estimate of drug-likeness (QED) is 0.403. The maximum absolute atomic E-state index is 12.7. The van der Waals surface area contributed by atoms with Gasteiger partial charge in [0.25, 0.3) is 6.08 Å². The highest BCUT2D eigenvalue weighted by molar-refractivity contribution is 7.99. The number of rotatable bonds is 7. The van der Waals surface area contributed by atoms with Gasteiger partial charge in [0.1, 0.15) is 29.9 Å². The van der Waals surface area contributed by atoms with E-state index in [0.717, 1.165) is 6.08 Å². The zero-order valence-electron chi connectivity index (χ0n) is 16.2. The van der Waals surface area contributed by atoms with Gasteiger partial charge >= 0.3 is 0 Å². The lowest BCUT2D eigenvalue weighted by molar-refractivity contribution is -0.208. The molecule has 1 amide bonds. The highest BCUT2D eigenvalue weighted by atomic mass is 32.2. The number of carbonyl (C=O) groups is 1. The second-order valence-electron chi connectivity index (χ2n) is 7.75. The molecular formula is C18H30F2N2O5S. The van der Waals surface area contributed by atoms with Gasteiger partial charge in [0.2, 0.25) is 5.91 Å². The Morgan fingerprint density at radius 2 is 1.96 bits per heavy atom. The van der Waals surface area contributed by atoms with Crippen molar-refractivity contribution in [2.75, 3.05) is 12.8 Å². The number of hydrogen-bond donors (Lipinski definition) is 5. The fraction of sp³-hybridized carbons (Fsp3) is 0.833. The molecule has 0 spiro atoms. The first kappa shape index (κ1) is 23.5. The minimum Gasteiger partial charge on any atom is -0.388 e. The van der Waals surface area contributed by atoms with Gasteiger partial charge in [-0.05, 0) is 43.6 Å². The standard InChI is InChI=1S/C18H30F2N2O5S/c1-8(2)12(16-14(24)13(23)15(25)18(27-16)28-3)22-17(26)10-6-9(7-21-10)4-5-11(19)20/h5,8-10,12-16,18,21,23-25H,4,6-7H2,1-3H3,(H,22,26). The van der Waals surface area contributed by atoms with Crippen LogP contribution in [0.25, 0.3) is 0 Å². The fourth-order valence-corrected chi connectivity index (χ4v) is 4.38. The van der Waals surface area contributed by atoms with Crippen molar-refractivity contribution in [1.82, 2.24) is 10.6 Å². The highest BCUT2D eigenvalue weighted by Crippen LogP contribution is 2.30. The van der Waals surface area contributed by atoms with Crippen LogP contribution in [0.4, 0.5) is 8.78 Å². The predicted octanol–water partition coefficient (Wildman–Crippen LogP) is 0.446. The zero-order valence-corrected chi connectivity index (χ0v) is 17.0. The van der Waals surface area contributed by atoms with Crippen LogP contribution in [0.1, 0.15) is 26.7 Å². The average molecular weight is 425 g/mol. The van der Waals surface area contributed by atoms with Crippen LogP contribution in [0.15, 0.2) is 12.2 Å². The molecule has 0 aromatic heterocycles. The fourth-order valence-electron chi connectivity index (χ4n) is 3.70. The minimum absolute atomic E-state index is 0.0517. The number of thioether (sulfide) groups is 1. The van der Waals surface area contributed by atoms with Crippen LogP contribution in [-0.2, 0) is 9.53 Å². The third-order valence-electron chi connectivity index (χ3n) is 5.36. The average Bonchev–Trinajstić information content (AvgIpc) is 3.12. The van der Waals surface area contributed by atoms with Gasteiger partial charge in [-0.2, -0.15) is 8.78 Å².